The molecule has 234 valence electrons. The normalized spacial score (nSPS) is 21.9. The number of ether oxygens (including phenoxy) is 2. The fourth-order valence-electron chi connectivity index (χ4n) is 5.24. The molecule has 43 heavy (non-hydrogen) atoms. The summed E-state index contributed by atoms with van der Waals surface area (Å²) >= 11 is 0. The first-order valence-electron chi connectivity index (χ1n) is 13.9. The molecule has 0 aromatic heterocycles. The van der Waals surface area contributed by atoms with Crippen LogP contribution in [0.1, 0.15) is 55.6 Å². The number of rotatable bonds is 8. The van der Waals surface area contributed by atoms with Crippen molar-refractivity contribution in [3.63, 3.8) is 0 Å². The Labute approximate surface area is 248 Å². The molecule has 0 radical (unpaired) electrons. The van der Waals surface area contributed by atoms with E-state index in [0.717, 1.165) is 31.5 Å². The smallest absolute Gasteiger partial charge is 0.430 e. The van der Waals surface area contributed by atoms with Gasteiger partial charge in [-0.3, -0.25) is 9.59 Å². The number of esters is 1. The molecule has 5 rings (SSSR count). The van der Waals surface area contributed by atoms with Crippen LogP contribution in [0.25, 0.3) is 0 Å². The third-order valence-electron chi connectivity index (χ3n) is 7.76. The summed E-state index contributed by atoms with van der Waals surface area (Å²) in [5.41, 5.74) is 0.701. The molecule has 1 N–H and O–H groups in total. The Morgan fingerprint density at radius 1 is 0.977 bits per heavy atom. The van der Waals surface area contributed by atoms with Gasteiger partial charge in [0.25, 0.3) is 0 Å². The van der Waals surface area contributed by atoms with E-state index >= 15 is 0 Å². The number of carboxylic acid groups (broad SMARTS) is 1. The van der Waals surface area contributed by atoms with E-state index in [1.54, 1.807) is 31.4 Å². The number of alkyl halides is 3. The zero-order chi connectivity index (χ0) is 32.0. The molecule has 3 aliphatic rings. The highest BCUT2D eigenvalue weighted by atomic mass is 19.4. The fraction of sp³-hybridized carbons (Fsp3) is 0.484. The molecule has 0 unspecified atom stereocenters. The number of hydrogen-bond donors (Lipinski definition) is 1. The van der Waals surface area contributed by atoms with Gasteiger partial charge in [-0.05, 0) is 17.7 Å². The van der Waals surface area contributed by atoms with Crippen molar-refractivity contribution in [2.45, 2.75) is 51.9 Å². The molecule has 3 heterocycles. The number of methoxy groups -OCH3 is 1. The number of piperidine rings is 3. The number of carboxylic acids is 1. The number of amides is 1. The number of aliphatic carboxylic acids is 1. The van der Waals surface area contributed by atoms with Crippen LogP contribution in [-0.2, 0) is 19.1 Å². The standard InChI is InChI=1S/C29H36N2O5.C2HF3O2/c1-29(2,3)28(34)30-26(22-10-12-23(35-4)13-11-22)27(33)36-25-19-31(16-14-21(25)15-17-31)18-24(32)20-8-6-5-7-9-20;3-2(4,5)1(6)7/h5-13,21,25-26H,14-19H2,1-4H3;(H,6,7)/t21?,25-,26-,31?;/m0./s1. The van der Waals surface area contributed by atoms with E-state index in [0.29, 0.717) is 28.9 Å². The number of ketones is 1. The quantitative estimate of drug-likeness (QED) is 0.278. The highest BCUT2D eigenvalue weighted by Gasteiger charge is 2.49. The summed E-state index contributed by atoms with van der Waals surface area (Å²) in [4.78, 5) is 48.1. The average molecular weight is 607 g/mol. The lowest BCUT2D eigenvalue weighted by molar-refractivity contribution is -0.938. The van der Waals surface area contributed by atoms with Gasteiger partial charge in [0.15, 0.2) is 12.1 Å². The molecule has 0 aliphatic carbocycles. The molecule has 12 heteroatoms. The minimum atomic E-state index is -5.19. The SMILES string of the molecule is COc1ccc([C@H](NC(=O)C(C)(C)C)C(=O)O[C@H]2C[N+]3(CC(=O)c4ccccc4)CCC2CC3)cc1.O=C([O-])C(F)(F)F. The maximum Gasteiger partial charge on any atom is 0.430 e. The first-order valence-corrected chi connectivity index (χ1v) is 13.9. The van der Waals surface area contributed by atoms with Crippen molar-refractivity contribution in [3.05, 3.63) is 65.7 Å². The molecule has 1 amide bonds. The number of carbonyl (C=O) groups excluding carboxylic acids is 4. The summed E-state index contributed by atoms with van der Waals surface area (Å²) in [5.74, 6) is -2.65. The van der Waals surface area contributed by atoms with Crippen molar-refractivity contribution >= 4 is 23.6 Å². The summed E-state index contributed by atoms with van der Waals surface area (Å²) in [6.07, 6.45) is -3.64. The minimum absolute atomic E-state index is 0.120. The monoisotopic (exact) mass is 606 g/mol. The topological polar surface area (TPSA) is 122 Å². The van der Waals surface area contributed by atoms with Crippen LogP contribution in [0.2, 0.25) is 0 Å². The second-order valence-corrected chi connectivity index (χ2v) is 11.9. The number of carbonyl (C=O) groups is 4. The van der Waals surface area contributed by atoms with E-state index in [9.17, 15) is 27.6 Å². The Kier molecular flexibility index (Phi) is 10.6. The lowest BCUT2D eigenvalue weighted by Crippen LogP contribution is -2.66. The van der Waals surface area contributed by atoms with Crippen molar-refractivity contribution in [3.8, 4) is 5.75 Å². The predicted octanol–water partition coefficient (Wildman–Crippen LogP) is 3.23. The second kappa shape index (κ2) is 13.6. The summed E-state index contributed by atoms with van der Waals surface area (Å²) < 4.78 is 43.5. The molecule has 0 spiro atoms. The van der Waals surface area contributed by atoms with Crippen molar-refractivity contribution in [2.75, 3.05) is 33.3 Å². The Bertz CT molecular complexity index is 1280. The van der Waals surface area contributed by atoms with E-state index in [1.165, 1.54) is 0 Å². The van der Waals surface area contributed by atoms with Gasteiger partial charge in [0.05, 0.1) is 20.2 Å². The highest BCUT2D eigenvalue weighted by molar-refractivity contribution is 5.97. The molecule has 0 saturated carbocycles. The summed E-state index contributed by atoms with van der Waals surface area (Å²) in [7, 11) is 1.58. The molecule has 3 saturated heterocycles. The zero-order valence-corrected chi connectivity index (χ0v) is 24.6. The van der Waals surface area contributed by atoms with Gasteiger partial charge >= 0.3 is 12.1 Å². The van der Waals surface area contributed by atoms with Crippen LogP contribution in [0.15, 0.2) is 54.6 Å². The van der Waals surface area contributed by atoms with Gasteiger partial charge in [0.2, 0.25) is 11.7 Å². The Balaban J connectivity index is 0.000000646. The van der Waals surface area contributed by atoms with E-state index in [4.69, 9.17) is 19.4 Å². The maximum atomic E-state index is 13.5. The van der Waals surface area contributed by atoms with Crippen molar-refractivity contribution in [2.24, 2.45) is 11.3 Å². The van der Waals surface area contributed by atoms with E-state index in [-0.39, 0.29) is 23.7 Å². The van der Waals surface area contributed by atoms with Gasteiger partial charge in [-0.1, -0.05) is 63.2 Å². The van der Waals surface area contributed by atoms with Gasteiger partial charge in [-0.25, -0.2) is 4.79 Å². The van der Waals surface area contributed by atoms with Gasteiger partial charge in [-0.15, -0.1) is 0 Å². The van der Waals surface area contributed by atoms with Gasteiger partial charge in [0, 0.05) is 29.7 Å². The van der Waals surface area contributed by atoms with Gasteiger partial charge in [-0.2, -0.15) is 13.2 Å². The van der Waals surface area contributed by atoms with Crippen LogP contribution in [0, 0.1) is 11.3 Å². The lowest BCUT2D eigenvalue weighted by atomic mass is 9.82. The molecule has 2 aromatic rings. The maximum absolute atomic E-state index is 13.5. The number of fused-ring (bicyclic) bond motifs is 3. The Morgan fingerprint density at radius 2 is 1.53 bits per heavy atom. The Hall–Kier alpha value is -3.93. The number of nitrogens with one attached hydrogen (secondary N) is 1. The predicted molar refractivity (Wildman–Crippen MR) is 147 cm³/mol. The molecule has 3 aliphatic heterocycles. The largest absolute Gasteiger partial charge is 0.542 e. The number of quaternary nitrogens is 1. The van der Waals surface area contributed by atoms with Crippen LogP contribution in [-0.4, -0.2) is 73.7 Å². The summed E-state index contributed by atoms with van der Waals surface area (Å²) in [5, 5.41) is 11.7. The Morgan fingerprint density at radius 3 is 2.02 bits per heavy atom. The molecule has 2 bridgehead atoms. The zero-order valence-electron chi connectivity index (χ0n) is 24.6. The third-order valence-corrected chi connectivity index (χ3v) is 7.76. The summed E-state index contributed by atoms with van der Waals surface area (Å²) in [6.45, 7) is 8.29. The summed E-state index contributed by atoms with van der Waals surface area (Å²) in [6, 6.07) is 15.5. The van der Waals surface area contributed by atoms with Gasteiger partial charge < -0.3 is 29.2 Å². The third kappa shape index (κ3) is 9.03. The molecular weight excluding hydrogens is 569 g/mol. The number of hydrogen-bond acceptors (Lipinski definition) is 7. The van der Waals surface area contributed by atoms with E-state index in [2.05, 4.69) is 5.32 Å². The van der Waals surface area contributed by atoms with E-state index < -0.39 is 29.6 Å². The van der Waals surface area contributed by atoms with Crippen molar-refractivity contribution in [1.82, 2.24) is 5.32 Å². The minimum Gasteiger partial charge on any atom is -0.542 e. The van der Waals surface area contributed by atoms with Crippen LogP contribution in [0.3, 0.4) is 0 Å². The second-order valence-electron chi connectivity index (χ2n) is 11.9. The molecule has 2 aromatic carbocycles. The lowest BCUT2D eigenvalue weighted by Gasteiger charge is -2.51. The van der Waals surface area contributed by atoms with Crippen molar-refractivity contribution in [1.29, 1.82) is 0 Å². The van der Waals surface area contributed by atoms with Crippen LogP contribution < -0.4 is 15.2 Å². The first kappa shape index (κ1) is 33.6. The molecule has 3 fully saturated rings. The number of halogens is 3. The van der Waals surface area contributed by atoms with E-state index in [1.807, 2.05) is 51.1 Å². The fourth-order valence-corrected chi connectivity index (χ4v) is 5.24. The molecule has 9 nitrogen and oxygen atoms in total. The molecular formula is C31H37F3N2O7. The van der Waals surface area contributed by atoms with Crippen LogP contribution >= 0.6 is 0 Å². The highest BCUT2D eigenvalue weighted by Crippen LogP contribution is 2.36. The average Bonchev–Trinajstić information content (AvgIpc) is 2.96. The molecule has 2 atom stereocenters. The first-order chi connectivity index (χ1) is 20.0. The van der Waals surface area contributed by atoms with Crippen LogP contribution in [0.4, 0.5) is 13.2 Å². The van der Waals surface area contributed by atoms with Gasteiger partial charge in [0.1, 0.15) is 24.8 Å². The number of nitrogens with zero attached hydrogens (tertiary/aromatic N) is 1. The number of Topliss-reactive ketones (excluding diaryl/α,β-unsaturated/α-hetero) is 1. The van der Waals surface area contributed by atoms with Crippen LogP contribution in [0.5, 0.6) is 5.75 Å². The number of benzene rings is 2. The van der Waals surface area contributed by atoms with Crippen molar-refractivity contribution < 1.29 is 51.4 Å².